The highest BCUT2D eigenvalue weighted by molar-refractivity contribution is 5.66. The Hall–Kier alpha value is -1.71. The van der Waals surface area contributed by atoms with Gasteiger partial charge in [0, 0.05) is 31.9 Å². The van der Waals surface area contributed by atoms with Gasteiger partial charge in [-0.2, -0.15) is 0 Å². The molecule has 0 aromatic heterocycles. The van der Waals surface area contributed by atoms with Crippen molar-refractivity contribution in [3.8, 4) is 0 Å². The fourth-order valence-corrected chi connectivity index (χ4v) is 2.52. The maximum Gasteiger partial charge on any atom is 0.407 e. The summed E-state index contributed by atoms with van der Waals surface area (Å²) in [7, 11) is 0. The molecule has 0 saturated carbocycles. The second kappa shape index (κ2) is 5.11. The molecule has 4 heteroatoms. The minimum atomic E-state index is -0.816. The van der Waals surface area contributed by atoms with Crippen LogP contribution in [0.5, 0.6) is 0 Å². The third-order valence-corrected chi connectivity index (χ3v) is 3.60. The van der Waals surface area contributed by atoms with Crippen LogP contribution in [0, 0.1) is 0 Å². The number of hydrogen-bond donors (Lipinski definition) is 1. The number of amides is 1. The van der Waals surface area contributed by atoms with Gasteiger partial charge in [-0.25, -0.2) is 4.79 Å². The van der Waals surface area contributed by atoms with Crippen LogP contribution in [0.2, 0.25) is 0 Å². The van der Waals surface area contributed by atoms with Gasteiger partial charge in [-0.3, -0.25) is 0 Å². The van der Waals surface area contributed by atoms with Crippen LogP contribution < -0.4 is 4.90 Å². The van der Waals surface area contributed by atoms with Crippen LogP contribution in [-0.4, -0.2) is 42.3 Å². The molecule has 104 valence electrons. The van der Waals surface area contributed by atoms with Crippen molar-refractivity contribution in [2.75, 3.05) is 31.1 Å². The van der Waals surface area contributed by atoms with Crippen molar-refractivity contribution in [2.24, 2.45) is 0 Å². The molecule has 19 heavy (non-hydrogen) atoms. The number of nitrogens with zero attached hydrogens (tertiary/aromatic N) is 2. The van der Waals surface area contributed by atoms with Crippen LogP contribution >= 0.6 is 0 Å². The predicted octanol–water partition coefficient (Wildman–Crippen LogP) is 2.78. The minimum Gasteiger partial charge on any atom is -0.465 e. The van der Waals surface area contributed by atoms with Gasteiger partial charge in [0.2, 0.25) is 0 Å². The zero-order chi connectivity index (χ0) is 14.0. The van der Waals surface area contributed by atoms with Crippen molar-refractivity contribution in [1.29, 1.82) is 0 Å². The van der Waals surface area contributed by atoms with Gasteiger partial charge in [0.25, 0.3) is 0 Å². The van der Waals surface area contributed by atoms with E-state index >= 15 is 0 Å². The average Bonchev–Trinajstić information content (AvgIpc) is 2.38. The lowest BCUT2D eigenvalue weighted by molar-refractivity contribution is 0.142. The third kappa shape index (κ3) is 3.00. The first-order valence-corrected chi connectivity index (χ1v) is 6.72. The predicted molar refractivity (Wildman–Crippen MR) is 77.0 cm³/mol. The topological polar surface area (TPSA) is 43.8 Å². The van der Waals surface area contributed by atoms with Gasteiger partial charge in [0.05, 0.1) is 0 Å². The Bertz CT molecular complexity index is 457. The van der Waals surface area contributed by atoms with E-state index in [0.29, 0.717) is 13.1 Å². The van der Waals surface area contributed by atoms with Crippen LogP contribution in [0.25, 0.3) is 0 Å². The molecular formula is C15H22N2O2. The third-order valence-electron chi connectivity index (χ3n) is 3.60. The number of para-hydroxylation sites is 1. The Labute approximate surface area is 114 Å². The van der Waals surface area contributed by atoms with E-state index in [1.807, 2.05) is 6.07 Å². The van der Waals surface area contributed by atoms with Gasteiger partial charge >= 0.3 is 6.09 Å². The lowest BCUT2D eigenvalue weighted by Crippen LogP contribution is -2.48. The zero-order valence-electron chi connectivity index (χ0n) is 11.9. The SMILES string of the molecule is CC(C)(C)c1ccccc1N1CCN(C(=O)O)CC1. The van der Waals surface area contributed by atoms with E-state index in [9.17, 15) is 4.79 Å². The Morgan fingerprint density at radius 3 is 2.21 bits per heavy atom. The normalized spacial score (nSPS) is 16.6. The van der Waals surface area contributed by atoms with E-state index in [2.05, 4.69) is 43.9 Å². The number of hydrogen-bond acceptors (Lipinski definition) is 2. The van der Waals surface area contributed by atoms with Crippen molar-refractivity contribution in [2.45, 2.75) is 26.2 Å². The highest BCUT2D eigenvalue weighted by Crippen LogP contribution is 2.32. The molecule has 1 N–H and O–H groups in total. The highest BCUT2D eigenvalue weighted by atomic mass is 16.4. The molecule has 0 bridgehead atoms. The lowest BCUT2D eigenvalue weighted by atomic mass is 9.85. The molecule has 2 rings (SSSR count). The summed E-state index contributed by atoms with van der Waals surface area (Å²) in [6.07, 6.45) is -0.816. The molecule has 1 saturated heterocycles. The second-order valence-electron chi connectivity index (χ2n) is 6.02. The van der Waals surface area contributed by atoms with Crippen molar-refractivity contribution >= 4 is 11.8 Å². The molecule has 0 unspecified atom stereocenters. The summed E-state index contributed by atoms with van der Waals surface area (Å²) in [6.45, 7) is 9.30. The van der Waals surface area contributed by atoms with Crippen molar-refractivity contribution in [1.82, 2.24) is 4.90 Å². The molecule has 0 radical (unpaired) electrons. The van der Waals surface area contributed by atoms with Crippen LogP contribution in [0.15, 0.2) is 24.3 Å². The van der Waals surface area contributed by atoms with E-state index in [4.69, 9.17) is 5.11 Å². The van der Waals surface area contributed by atoms with Crippen molar-refractivity contribution in [3.63, 3.8) is 0 Å². The summed E-state index contributed by atoms with van der Waals surface area (Å²) in [5, 5.41) is 8.99. The first-order chi connectivity index (χ1) is 8.89. The van der Waals surface area contributed by atoms with Gasteiger partial charge < -0.3 is 14.9 Å². The zero-order valence-corrected chi connectivity index (χ0v) is 11.9. The van der Waals surface area contributed by atoms with Gasteiger partial charge in [0.1, 0.15) is 0 Å². The first-order valence-electron chi connectivity index (χ1n) is 6.72. The van der Waals surface area contributed by atoms with Gasteiger partial charge in [-0.1, -0.05) is 39.0 Å². The minimum absolute atomic E-state index is 0.0977. The van der Waals surface area contributed by atoms with Gasteiger partial charge in [0.15, 0.2) is 0 Å². The quantitative estimate of drug-likeness (QED) is 0.846. The molecule has 0 aliphatic carbocycles. The number of benzene rings is 1. The molecule has 1 aromatic rings. The van der Waals surface area contributed by atoms with Crippen molar-refractivity contribution in [3.05, 3.63) is 29.8 Å². The van der Waals surface area contributed by atoms with Crippen LogP contribution in [0.4, 0.5) is 10.5 Å². The molecule has 1 amide bonds. The van der Waals surface area contributed by atoms with Crippen molar-refractivity contribution < 1.29 is 9.90 Å². The second-order valence-corrected chi connectivity index (χ2v) is 6.02. The summed E-state index contributed by atoms with van der Waals surface area (Å²) in [5.74, 6) is 0. The average molecular weight is 262 g/mol. The van der Waals surface area contributed by atoms with Crippen LogP contribution in [-0.2, 0) is 5.41 Å². The van der Waals surface area contributed by atoms with E-state index < -0.39 is 6.09 Å². The maximum absolute atomic E-state index is 10.9. The largest absolute Gasteiger partial charge is 0.465 e. The molecule has 1 heterocycles. The van der Waals surface area contributed by atoms with E-state index in [1.54, 1.807) is 0 Å². The highest BCUT2D eigenvalue weighted by Gasteiger charge is 2.25. The Morgan fingerprint density at radius 2 is 1.68 bits per heavy atom. The molecular weight excluding hydrogens is 240 g/mol. The van der Waals surface area contributed by atoms with E-state index in [-0.39, 0.29) is 5.41 Å². The van der Waals surface area contributed by atoms with Gasteiger partial charge in [-0.05, 0) is 17.0 Å². The fourth-order valence-electron chi connectivity index (χ4n) is 2.52. The monoisotopic (exact) mass is 262 g/mol. The molecule has 1 aromatic carbocycles. The van der Waals surface area contributed by atoms with Crippen LogP contribution in [0.1, 0.15) is 26.3 Å². The first kappa shape index (κ1) is 13.7. The number of piperazine rings is 1. The summed E-state index contributed by atoms with van der Waals surface area (Å²) in [6, 6.07) is 8.42. The molecule has 1 aliphatic heterocycles. The Kier molecular flexibility index (Phi) is 3.69. The van der Waals surface area contributed by atoms with E-state index in [0.717, 1.165) is 13.1 Å². The fraction of sp³-hybridized carbons (Fsp3) is 0.533. The summed E-state index contributed by atoms with van der Waals surface area (Å²) in [5.41, 5.74) is 2.65. The summed E-state index contributed by atoms with van der Waals surface area (Å²) >= 11 is 0. The lowest BCUT2D eigenvalue weighted by Gasteiger charge is -2.37. The molecule has 4 nitrogen and oxygen atoms in total. The molecule has 0 spiro atoms. The Morgan fingerprint density at radius 1 is 1.11 bits per heavy atom. The number of rotatable bonds is 1. The van der Waals surface area contributed by atoms with Gasteiger partial charge in [-0.15, -0.1) is 0 Å². The summed E-state index contributed by atoms with van der Waals surface area (Å²) < 4.78 is 0. The molecule has 1 fully saturated rings. The Balaban J connectivity index is 2.18. The number of anilines is 1. The standard InChI is InChI=1S/C15H22N2O2/c1-15(2,3)12-6-4-5-7-13(12)16-8-10-17(11-9-16)14(18)19/h4-7H,8-11H2,1-3H3,(H,18,19). The maximum atomic E-state index is 10.9. The number of carboxylic acid groups (broad SMARTS) is 1. The summed E-state index contributed by atoms with van der Waals surface area (Å²) in [4.78, 5) is 14.7. The molecule has 1 aliphatic rings. The van der Waals surface area contributed by atoms with Crippen LogP contribution in [0.3, 0.4) is 0 Å². The van der Waals surface area contributed by atoms with E-state index in [1.165, 1.54) is 16.2 Å². The smallest absolute Gasteiger partial charge is 0.407 e. The molecule has 0 atom stereocenters. The number of carbonyl (C=O) groups is 1.